The van der Waals surface area contributed by atoms with Crippen LogP contribution in [0.3, 0.4) is 0 Å². The molecule has 1 heterocycles. The molecule has 0 radical (unpaired) electrons. The molecule has 1 aliphatic rings. The van der Waals surface area contributed by atoms with Crippen LogP contribution in [0, 0.1) is 10.1 Å². The summed E-state index contributed by atoms with van der Waals surface area (Å²) in [4.78, 5) is 8.36. The maximum atomic E-state index is 8.36. The van der Waals surface area contributed by atoms with Crippen LogP contribution in [0.4, 0.5) is 0 Å². The van der Waals surface area contributed by atoms with Crippen molar-refractivity contribution in [3.8, 4) is 0 Å². The summed E-state index contributed by atoms with van der Waals surface area (Å²) in [6.45, 7) is 4.39. The molecule has 0 unspecified atom stereocenters. The highest BCUT2D eigenvalue weighted by Crippen LogP contribution is 2.25. The fourth-order valence-electron chi connectivity index (χ4n) is 1.90. The fourth-order valence-corrected chi connectivity index (χ4v) is 2.08. The predicted molar refractivity (Wildman–Crippen MR) is 65.2 cm³/mol. The summed E-state index contributed by atoms with van der Waals surface area (Å²) in [5, 5.41) is 17.9. The Morgan fingerprint density at radius 2 is 2.24 bits per heavy atom. The lowest BCUT2D eigenvalue weighted by Crippen LogP contribution is -2.18. The molecule has 0 aromatic heterocycles. The molecular weight excluding hydrogens is 244 g/mol. The quantitative estimate of drug-likeness (QED) is 0.553. The Hall–Kier alpha value is -1.33. The first-order valence-corrected chi connectivity index (χ1v) is 5.71. The van der Waals surface area contributed by atoms with Gasteiger partial charge in [0.15, 0.2) is 0 Å². The van der Waals surface area contributed by atoms with Gasteiger partial charge in [0, 0.05) is 11.6 Å². The highest BCUT2D eigenvalue weighted by atomic mass is 35.5. The number of halogens is 1. The number of nitrogens with one attached hydrogen (secondary N) is 1. The molecule has 6 heteroatoms. The second kappa shape index (κ2) is 6.42. The Bertz CT molecular complexity index is 394. The van der Waals surface area contributed by atoms with E-state index in [0.717, 1.165) is 24.5 Å². The number of hydrogen-bond acceptors (Lipinski definition) is 3. The molecule has 0 saturated heterocycles. The first kappa shape index (κ1) is 13.7. The molecule has 0 fully saturated rings. The first-order valence-electron chi connectivity index (χ1n) is 5.33. The van der Waals surface area contributed by atoms with Gasteiger partial charge in [-0.1, -0.05) is 24.6 Å². The molecular formula is C11H15ClN2O3. The van der Waals surface area contributed by atoms with Gasteiger partial charge < -0.3 is 10.5 Å². The summed E-state index contributed by atoms with van der Waals surface area (Å²) >= 11 is 5.97. The van der Waals surface area contributed by atoms with Crippen LogP contribution >= 0.6 is 11.6 Å². The van der Waals surface area contributed by atoms with Crippen molar-refractivity contribution in [2.45, 2.75) is 19.3 Å². The fraction of sp³-hybridized carbons (Fsp3) is 0.455. The largest absolute Gasteiger partial charge is 0.328 e. The maximum absolute atomic E-state index is 8.36. The number of hydrogen-bond donors (Lipinski definition) is 2. The topological polar surface area (TPSA) is 75.4 Å². The van der Waals surface area contributed by atoms with Gasteiger partial charge in [0.25, 0.3) is 5.09 Å². The van der Waals surface area contributed by atoms with Crippen LogP contribution in [-0.4, -0.2) is 23.4 Å². The molecule has 1 aromatic rings. The highest BCUT2D eigenvalue weighted by Gasteiger charge is 2.13. The molecule has 2 N–H and O–H groups in total. The SMILES string of the molecule is C[C@H]1CNCCc2ccc(Cl)cc21.O=[N+]([O-])O. The molecule has 0 amide bonds. The van der Waals surface area contributed by atoms with E-state index in [9.17, 15) is 0 Å². The van der Waals surface area contributed by atoms with Crippen molar-refractivity contribution in [1.82, 2.24) is 5.32 Å². The van der Waals surface area contributed by atoms with Crippen LogP contribution < -0.4 is 5.32 Å². The summed E-state index contributed by atoms with van der Waals surface area (Å²) < 4.78 is 0. The number of rotatable bonds is 0. The van der Waals surface area contributed by atoms with Crippen LogP contribution in [-0.2, 0) is 6.42 Å². The molecule has 0 saturated carbocycles. The van der Waals surface area contributed by atoms with Gasteiger partial charge in [0.2, 0.25) is 0 Å². The van der Waals surface area contributed by atoms with Crippen molar-refractivity contribution in [1.29, 1.82) is 0 Å². The summed E-state index contributed by atoms with van der Waals surface area (Å²) in [6.07, 6.45) is 1.12. The van der Waals surface area contributed by atoms with E-state index in [1.165, 1.54) is 11.1 Å². The zero-order chi connectivity index (χ0) is 12.8. The monoisotopic (exact) mass is 258 g/mol. The van der Waals surface area contributed by atoms with Crippen molar-refractivity contribution in [2.24, 2.45) is 0 Å². The first-order chi connectivity index (χ1) is 8.00. The van der Waals surface area contributed by atoms with E-state index < -0.39 is 5.09 Å². The van der Waals surface area contributed by atoms with Crippen LogP contribution in [0.25, 0.3) is 0 Å². The lowest BCUT2D eigenvalue weighted by Gasteiger charge is -2.11. The molecule has 1 aliphatic heterocycles. The Labute approximate surface area is 105 Å². The molecule has 2 rings (SSSR count). The van der Waals surface area contributed by atoms with Crippen molar-refractivity contribution in [3.63, 3.8) is 0 Å². The van der Waals surface area contributed by atoms with Gasteiger partial charge in [0.1, 0.15) is 0 Å². The average molecular weight is 259 g/mol. The Morgan fingerprint density at radius 1 is 1.59 bits per heavy atom. The van der Waals surface area contributed by atoms with Crippen LogP contribution in [0.2, 0.25) is 5.02 Å². The molecule has 0 aliphatic carbocycles. The minimum absolute atomic E-state index is 0.580. The predicted octanol–water partition coefficient (Wildman–Crippen LogP) is 2.24. The van der Waals surface area contributed by atoms with E-state index in [2.05, 4.69) is 24.4 Å². The van der Waals surface area contributed by atoms with Crippen molar-refractivity contribution in [2.75, 3.05) is 13.1 Å². The molecule has 1 aromatic carbocycles. The molecule has 1 atom stereocenters. The second-order valence-electron chi connectivity index (χ2n) is 3.94. The molecule has 0 bridgehead atoms. The Balaban J connectivity index is 0.000000317. The average Bonchev–Trinajstić information content (AvgIpc) is 2.41. The van der Waals surface area contributed by atoms with E-state index in [-0.39, 0.29) is 0 Å². The standard InChI is InChI=1S/C11H14ClN.HNO3/c1-8-7-13-5-4-9-2-3-10(12)6-11(8)9;2-1(3)4/h2-3,6,8,13H,4-5,7H2,1H3;(H,2,3,4)/t8-;/m0./s1. The third kappa shape index (κ3) is 4.58. The smallest absolute Gasteiger partial charge is 0.291 e. The Kier molecular flexibility index (Phi) is 5.18. The Morgan fingerprint density at radius 3 is 2.88 bits per heavy atom. The van der Waals surface area contributed by atoms with Gasteiger partial charge in [-0.05, 0) is 42.1 Å². The van der Waals surface area contributed by atoms with E-state index in [1.807, 2.05) is 6.07 Å². The van der Waals surface area contributed by atoms with E-state index in [4.69, 9.17) is 26.9 Å². The normalized spacial score (nSPS) is 18.4. The van der Waals surface area contributed by atoms with E-state index >= 15 is 0 Å². The van der Waals surface area contributed by atoms with Crippen LogP contribution in [0.1, 0.15) is 24.0 Å². The minimum Gasteiger partial charge on any atom is -0.328 e. The van der Waals surface area contributed by atoms with Crippen LogP contribution in [0.15, 0.2) is 18.2 Å². The van der Waals surface area contributed by atoms with E-state index in [1.54, 1.807) is 0 Å². The van der Waals surface area contributed by atoms with Crippen LogP contribution in [0.5, 0.6) is 0 Å². The van der Waals surface area contributed by atoms with Gasteiger partial charge in [-0.2, -0.15) is 0 Å². The third-order valence-corrected chi connectivity index (χ3v) is 2.90. The number of fused-ring (bicyclic) bond motifs is 1. The summed E-state index contributed by atoms with van der Waals surface area (Å²) in [6, 6.07) is 6.24. The lowest BCUT2D eigenvalue weighted by atomic mass is 9.96. The van der Waals surface area contributed by atoms with Crippen molar-refractivity contribution >= 4 is 11.6 Å². The van der Waals surface area contributed by atoms with E-state index in [0.29, 0.717) is 5.92 Å². The molecule has 0 spiro atoms. The van der Waals surface area contributed by atoms with Gasteiger partial charge in [-0.15, -0.1) is 10.1 Å². The summed E-state index contributed by atoms with van der Waals surface area (Å²) in [7, 11) is 0. The maximum Gasteiger partial charge on any atom is 0.291 e. The number of benzene rings is 1. The molecule has 5 nitrogen and oxygen atoms in total. The third-order valence-electron chi connectivity index (χ3n) is 2.66. The zero-order valence-electron chi connectivity index (χ0n) is 9.52. The second-order valence-corrected chi connectivity index (χ2v) is 4.37. The van der Waals surface area contributed by atoms with Gasteiger partial charge in [0.05, 0.1) is 0 Å². The summed E-state index contributed by atoms with van der Waals surface area (Å²) in [5.74, 6) is 0.580. The van der Waals surface area contributed by atoms with Crippen molar-refractivity contribution < 1.29 is 10.3 Å². The highest BCUT2D eigenvalue weighted by molar-refractivity contribution is 6.30. The van der Waals surface area contributed by atoms with Gasteiger partial charge in [-0.25, -0.2) is 0 Å². The van der Waals surface area contributed by atoms with Gasteiger partial charge in [-0.3, -0.25) is 0 Å². The van der Waals surface area contributed by atoms with Crippen molar-refractivity contribution in [3.05, 3.63) is 44.5 Å². The van der Waals surface area contributed by atoms with Gasteiger partial charge >= 0.3 is 0 Å². The molecule has 17 heavy (non-hydrogen) atoms. The lowest BCUT2D eigenvalue weighted by molar-refractivity contribution is -0.742. The zero-order valence-corrected chi connectivity index (χ0v) is 10.3. The summed E-state index contributed by atoms with van der Waals surface area (Å²) in [5.41, 5.74) is 2.86. The number of nitrogens with zero attached hydrogens (tertiary/aromatic N) is 1. The minimum atomic E-state index is -1.50. The molecule has 94 valence electrons.